The maximum Gasteiger partial charge on any atom is 0.340 e. The average molecular weight is 574 g/mol. The third-order valence-electron chi connectivity index (χ3n) is 11.3. The summed E-state index contributed by atoms with van der Waals surface area (Å²) in [6, 6.07) is 9.56. The Morgan fingerprint density at radius 1 is 1.19 bits per heavy atom. The van der Waals surface area contributed by atoms with E-state index in [1.165, 1.54) is 5.57 Å². The molecule has 0 amide bonds. The summed E-state index contributed by atoms with van der Waals surface area (Å²) in [5.41, 5.74) is 1.21. The number of hydrogen-bond acceptors (Lipinski definition) is 7. The van der Waals surface area contributed by atoms with Crippen LogP contribution in [0.5, 0.6) is 0 Å². The molecule has 3 fully saturated rings. The van der Waals surface area contributed by atoms with Crippen LogP contribution >= 0.6 is 0 Å². The third-order valence-corrected chi connectivity index (χ3v) is 11.3. The van der Waals surface area contributed by atoms with Gasteiger partial charge in [0.05, 0.1) is 11.1 Å². The molecular formula is C35H43NO6. The number of hydrogen-bond donors (Lipinski definition) is 2. The second kappa shape index (κ2) is 10.3. The SMILES string of the molecule is C=C1C2CC3C(C(C)C)C(OC(=O)c4cnc5ccccc5c4)CC3(C)CC2/C(C)=C\CC2C(C)OC(=O)C(O)C12O. The molecule has 2 aromatic rings. The summed E-state index contributed by atoms with van der Waals surface area (Å²) >= 11 is 0. The Hall–Kier alpha value is -3.03. The number of aliphatic hydroxyl groups is 2. The molecule has 0 radical (unpaired) electrons. The molecule has 2 N–H and O–H groups in total. The standard InChI is InChI=1S/C35H43NO6/c1-18(2)30-27-14-24-20(4)35(40)26(21(5)41-33(39)31(35)37)12-11-19(3)25(24)15-34(27,6)16-29(30)42-32(38)23-13-22-9-7-8-10-28(22)36-17-23/h7-11,13,17-18,21,24-27,29-31,37,40H,4,12,14-16H2,1-3,5-6H3/b19-11-. The van der Waals surface area contributed by atoms with Gasteiger partial charge in [-0.2, -0.15) is 0 Å². The van der Waals surface area contributed by atoms with Gasteiger partial charge in [0, 0.05) is 23.4 Å². The molecule has 1 aromatic carbocycles. The number of aliphatic hydroxyl groups excluding tert-OH is 1. The van der Waals surface area contributed by atoms with E-state index >= 15 is 0 Å². The first-order valence-electron chi connectivity index (χ1n) is 15.4. The fraction of sp³-hybridized carbons (Fsp3) is 0.571. The molecular weight excluding hydrogens is 530 g/mol. The van der Waals surface area contributed by atoms with Crippen molar-refractivity contribution in [1.29, 1.82) is 0 Å². The van der Waals surface area contributed by atoms with Gasteiger partial charge in [0.2, 0.25) is 0 Å². The number of esters is 2. The molecule has 10 unspecified atom stereocenters. The van der Waals surface area contributed by atoms with Crippen LogP contribution in [-0.2, 0) is 14.3 Å². The van der Waals surface area contributed by atoms with E-state index in [-0.39, 0.29) is 47.1 Å². The Morgan fingerprint density at radius 2 is 1.93 bits per heavy atom. The summed E-state index contributed by atoms with van der Waals surface area (Å²) in [7, 11) is 0. The van der Waals surface area contributed by atoms with E-state index in [1.807, 2.05) is 30.3 Å². The molecule has 0 bridgehead atoms. The van der Waals surface area contributed by atoms with Crippen molar-refractivity contribution in [3.8, 4) is 0 Å². The predicted molar refractivity (Wildman–Crippen MR) is 159 cm³/mol. The molecule has 10 atom stereocenters. The van der Waals surface area contributed by atoms with Crippen molar-refractivity contribution in [2.75, 3.05) is 0 Å². The smallest absolute Gasteiger partial charge is 0.340 e. The van der Waals surface area contributed by atoms with Gasteiger partial charge in [-0.15, -0.1) is 0 Å². The summed E-state index contributed by atoms with van der Waals surface area (Å²) in [6.45, 7) is 15.0. The fourth-order valence-electron chi connectivity index (χ4n) is 9.11. The summed E-state index contributed by atoms with van der Waals surface area (Å²) < 4.78 is 11.7. The molecule has 0 spiro atoms. The largest absolute Gasteiger partial charge is 0.460 e. The number of carbonyl (C=O) groups is 2. The molecule has 7 heteroatoms. The van der Waals surface area contributed by atoms with Crippen molar-refractivity contribution in [3.63, 3.8) is 0 Å². The van der Waals surface area contributed by atoms with E-state index in [0.717, 1.165) is 30.2 Å². The van der Waals surface area contributed by atoms with Crippen molar-refractivity contribution < 1.29 is 29.3 Å². The van der Waals surface area contributed by atoms with Gasteiger partial charge in [-0.1, -0.05) is 57.2 Å². The highest BCUT2D eigenvalue weighted by Crippen LogP contribution is 2.63. The number of aromatic nitrogens is 1. The highest BCUT2D eigenvalue weighted by molar-refractivity contribution is 5.93. The van der Waals surface area contributed by atoms with Gasteiger partial charge in [0.25, 0.3) is 0 Å². The third kappa shape index (κ3) is 4.43. The van der Waals surface area contributed by atoms with E-state index in [4.69, 9.17) is 9.47 Å². The number of pyridine rings is 1. The number of benzene rings is 1. The molecule has 224 valence electrons. The quantitative estimate of drug-likeness (QED) is 0.361. The van der Waals surface area contributed by atoms with Crippen LogP contribution in [0.2, 0.25) is 0 Å². The summed E-state index contributed by atoms with van der Waals surface area (Å²) in [5, 5.41) is 24.0. The van der Waals surface area contributed by atoms with Crippen molar-refractivity contribution in [2.45, 2.75) is 84.2 Å². The summed E-state index contributed by atoms with van der Waals surface area (Å²) in [6.07, 6.45) is 4.13. The fourth-order valence-corrected chi connectivity index (χ4v) is 9.11. The normalized spacial score (nSPS) is 41.1. The Bertz CT molecular complexity index is 1460. The number of carbonyl (C=O) groups excluding carboxylic acids is 2. The lowest BCUT2D eigenvalue weighted by atomic mass is 9.53. The van der Waals surface area contributed by atoms with Gasteiger partial charge >= 0.3 is 11.9 Å². The van der Waals surface area contributed by atoms with Gasteiger partial charge in [0.1, 0.15) is 17.8 Å². The molecule has 2 heterocycles. The highest BCUT2D eigenvalue weighted by atomic mass is 16.6. The molecule has 3 aliphatic carbocycles. The average Bonchev–Trinajstić information content (AvgIpc) is 3.24. The maximum absolute atomic E-state index is 13.5. The number of ether oxygens (including phenoxy) is 2. The van der Waals surface area contributed by atoms with Crippen LogP contribution in [0.1, 0.15) is 70.7 Å². The minimum absolute atomic E-state index is 0.0866. The van der Waals surface area contributed by atoms with Crippen molar-refractivity contribution >= 4 is 22.8 Å². The number of nitrogens with zero attached hydrogens (tertiary/aromatic N) is 1. The lowest BCUT2D eigenvalue weighted by Crippen LogP contribution is -2.63. The van der Waals surface area contributed by atoms with E-state index in [9.17, 15) is 19.8 Å². The Labute approximate surface area is 248 Å². The Balaban J connectivity index is 1.32. The molecule has 2 saturated carbocycles. The maximum atomic E-state index is 13.5. The minimum Gasteiger partial charge on any atom is -0.460 e. The van der Waals surface area contributed by atoms with Crippen LogP contribution in [0.4, 0.5) is 0 Å². The second-order valence-corrected chi connectivity index (χ2v) is 14.0. The van der Waals surface area contributed by atoms with Crippen LogP contribution < -0.4 is 0 Å². The highest BCUT2D eigenvalue weighted by Gasteiger charge is 2.62. The molecule has 1 saturated heterocycles. The van der Waals surface area contributed by atoms with Crippen LogP contribution in [-0.4, -0.2) is 51.0 Å². The Kier molecular flexibility index (Phi) is 7.13. The van der Waals surface area contributed by atoms with Crippen molar-refractivity contribution in [3.05, 3.63) is 65.9 Å². The van der Waals surface area contributed by atoms with E-state index in [1.54, 1.807) is 13.1 Å². The molecule has 42 heavy (non-hydrogen) atoms. The predicted octanol–water partition coefficient (Wildman–Crippen LogP) is 5.64. The number of fused-ring (bicyclic) bond motifs is 4. The molecule has 1 aromatic heterocycles. The zero-order valence-electron chi connectivity index (χ0n) is 25.2. The first kappa shape index (κ1) is 29.1. The van der Waals surface area contributed by atoms with Crippen molar-refractivity contribution in [2.24, 2.45) is 40.9 Å². The lowest BCUT2D eigenvalue weighted by molar-refractivity contribution is -0.209. The van der Waals surface area contributed by atoms with Crippen molar-refractivity contribution in [1.82, 2.24) is 4.98 Å². The molecule has 7 nitrogen and oxygen atoms in total. The monoisotopic (exact) mass is 573 g/mol. The summed E-state index contributed by atoms with van der Waals surface area (Å²) in [4.78, 5) is 30.5. The van der Waals surface area contributed by atoms with E-state index < -0.39 is 29.7 Å². The van der Waals surface area contributed by atoms with Gasteiger partial charge in [-0.25, -0.2) is 9.59 Å². The van der Waals surface area contributed by atoms with Crippen LogP contribution in [0.15, 0.2) is 60.3 Å². The number of para-hydroxylation sites is 1. The van der Waals surface area contributed by atoms with Crippen LogP contribution in [0.25, 0.3) is 10.9 Å². The number of rotatable bonds is 3. The first-order valence-corrected chi connectivity index (χ1v) is 15.4. The first-order chi connectivity index (χ1) is 19.8. The van der Waals surface area contributed by atoms with Crippen LogP contribution in [0.3, 0.4) is 0 Å². The Morgan fingerprint density at radius 3 is 2.67 bits per heavy atom. The van der Waals surface area contributed by atoms with E-state index in [0.29, 0.717) is 17.6 Å². The molecule has 4 aliphatic rings. The van der Waals surface area contributed by atoms with Gasteiger partial charge in [-0.05, 0) is 86.3 Å². The molecule has 6 rings (SSSR count). The van der Waals surface area contributed by atoms with E-state index in [2.05, 4.69) is 45.3 Å². The van der Waals surface area contributed by atoms with Gasteiger partial charge < -0.3 is 19.7 Å². The zero-order valence-corrected chi connectivity index (χ0v) is 25.2. The second-order valence-electron chi connectivity index (χ2n) is 14.0. The topological polar surface area (TPSA) is 106 Å². The molecule has 1 aliphatic heterocycles. The number of allylic oxidation sites excluding steroid dienone is 2. The van der Waals surface area contributed by atoms with Gasteiger partial charge in [0.15, 0.2) is 6.10 Å². The van der Waals surface area contributed by atoms with Gasteiger partial charge in [-0.3, -0.25) is 4.98 Å². The minimum atomic E-state index is -1.76. The van der Waals surface area contributed by atoms with Crippen LogP contribution in [0, 0.1) is 40.9 Å². The zero-order chi connectivity index (χ0) is 30.1. The lowest BCUT2D eigenvalue weighted by Gasteiger charge is -2.54. The number of cyclic esters (lactones) is 1. The summed E-state index contributed by atoms with van der Waals surface area (Å²) in [5.74, 6) is -1.06.